The van der Waals surface area contributed by atoms with E-state index in [4.69, 9.17) is 5.11 Å². The molecule has 0 bridgehead atoms. The molecule has 0 fully saturated rings. The summed E-state index contributed by atoms with van der Waals surface area (Å²) in [5, 5.41) is 8.84. The lowest BCUT2D eigenvalue weighted by Gasteiger charge is -2.04. The number of rotatable bonds is 2. The van der Waals surface area contributed by atoms with Gasteiger partial charge in [-0.25, -0.2) is 0 Å². The first-order valence-corrected chi connectivity index (χ1v) is 4.32. The summed E-state index contributed by atoms with van der Waals surface area (Å²) in [7, 11) is 0. The molecule has 1 rings (SSSR count). The molecule has 1 heteroatoms. The van der Waals surface area contributed by atoms with Gasteiger partial charge in [0.05, 0.1) is 6.61 Å². The Morgan fingerprint density at radius 3 is 3.00 bits per heavy atom. The van der Waals surface area contributed by atoms with E-state index in [1.807, 2.05) is 0 Å². The van der Waals surface area contributed by atoms with Crippen molar-refractivity contribution < 1.29 is 5.11 Å². The first-order valence-electron chi connectivity index (χ1n) is 4.32. The molecule has 0 aromatic heterocycles. The van der Waals surface area contributed by atoms with Crippen LogP contribution in [0.15, 0.2) is 23.8 Å². The molecule has 0 saturated carbocycles. The van der Waals surface area contributed by atoms with Crippen molar-refractivity contribution in [1.29, 1.82) is 0 Å². The zero-order valence-electron chi connectivity index (χ0n) is 6.97. The van der Waals surface area contributed by atoms with Gasteiger partial charge in [0.15, 0.2) is 0 Å². The lowest BCUT2D eigenvalue weighted by Crippen LogP contribution is -1.92. The summed E-state index contributed by atoms with van der Waals surface area (Å²) in [5.74, 6) is 0. The monoisotopic (exact) mass is 152 g/mol. The van der Waals surface area contributed by atoms with Crippen LogP contribution >= 0.6 is 0 Å². The van der Waals surface area contributed by atoms with Crippen molar-refractivity contribution in [3.63, 3.8) is 0 Å². The third-order valence-corrected chi connectivity index (χ3v) is 2.19. The Morgan fingerprint density at radius 2 is 2.27 bits per heavy atom. The number of aliphatic hydroxyl groups is 1. The largest absolute Gasteiger partial charge is 0.392 e. The van der Waals surface area contributed by atoms with Gasteiger partial charge in [-0.05, 0) is 36.8 Å². The van der Waals surface area contributed by atoms with Crippen LogP contribution < -0.4 is 0 Å². The Labute approximate surface area is 68.4 Å². The Hall–Kier alpha value is -0.560. The molecule has 0 unspecified atom stereocenters. The van der Waals surface area contributed by atoms with E-state index in [9.17, 15) is 0 Å². The van der Waals surface area contributed by atoms with E-state index in [1.54, 1.807) is 0 Å². The van der Waals surface area contributed by atoms with Crippen LogP contribution in [0.2, 0.25) is 0 Å². The number of allylic oxidation sites excluding steroid dienone is 1. The van der Waals surface area contributed by atoms with Crippen LogP contribution in [0.25, 0.3) is 0 Å². The molecule has 0 aliphatic heterocycles. The first kappa shape index (κ1) is 8.54. The van der Waals surface area contributed by atoms with E-state index in [0.717, 1.165) is 18.4 Å². The van der Waals surface area contributed by atoms with Crippen LogP contribution in [0.1, 0.15) is 32.1 Å². The zero-order chi connectivity index (χ0) is 8.10. The normalized spacial score (nSPS) is 18.8. The van der Waals surface area contributed by atoms with Gasteiger partial charge in [0.25, 0.3) is 0 Å². The van der Waals surface area contributed by atoms with Gasteiger partial charge in [-0.15, -0.1) is 0 Å². The van der Waals surface area contributed by atoms with Crippen molar-refractivity contribution >= 4 is 0 Å². The van der Waals surface area contributed by atoms with Crippen molar-refractivity contribution in [3.8, 4) is 0 Å². The minimum atomic E-state index is 0.117. The van der Waals surface area contributed by atoms with E-state index < -0.39 is 0 Å². The molecule has 1 aliphatic rings. The average molecular weight is 152 g/mol. The second kappa shape index (κ2) is 4.35. The molecule has 0 saturated heterocycles. The lowest BCUT2D eigenvalue weighted by atomic mass is 10.0. The molecule has 0 aromatic rings. The molecule has 0 amide bonds. The molecule has 1 N–H and O–H groups in total. The minimum absolute atomic E-state index is 0.117. The van der Waals surface area contributed by atoms with Gasteiger partial charge in [0.2, 0.25) is 0 Å². The van der Waals surface area contributed by atoms with Crippen molar-refractivity contribution in [1.82, 2.24) is 0 Å². The topological polar surface area (TPSA) is 20.2 Å². The van der Waals surface area contributed by atoms with Gasteiger partial charge >= 0.3 is 0 Å². The standard InChI is InChI=1S/C10H16O/c1-9(8-11)10-6-4-2-3-5-7-10/h6,11H,1-5,7-8H2. The van der Waals surface area contributed by atoms with Crippen molar-refractivity contribution in [2.45, 2.75) is 32.1 Å². The maximum Gasteiger partial charge on any atom is 0.0678 e. The van der Waals surface area contributed by atoms with E-state index >= 15 is 0 Å². The molecule has 11 heavy (non-hydrogen) atoms. The Kier molecular flexibility index (Phi) is 3.37. The molecule has 62 valence electrons. The molecule has 0 radical (unpaired) electrons. The highest BCUT2D eigenvalue weighted by molar-refractivity contribution is 5.28. The van der Waals surface area contributed by atoms with Gasteiger partial charge in [0.1, 0.15) is 0 Å². The van der Waals surface area contributed by atoms with E-state index in [-0.39, 0.29) is 6.61 Å². The molecule has 1 nitrogen and oxygen atoms in total. The zero-order valence-corrected chi connectivity index (χ0v) is 6.97. The minimum Gasteiger partial charge on any atom is -0.392 e. The molecule has 0 heterocycles. The summed E-state index contributed by atoms with van der Waals surface area (Å²) in [5.41, 5.74) is 2.19. The maximum atomic E-state index is 8.84. The third kappa shape index (κ3) is 2.51. The predicted molar refractivity (Wildman–Crippen MR) is 47.4 cm³/mol. The van der Waals surface area contributed by atoms with Crippen LogP contribution in [-0.4, -0.2) is 11.7 Å². The van der Waals surface area contributed by atoms with Crippen LogP contribution in [0.3, 0.4) is 0 Å². The Bertz CT molecular complexity index is 168. The highest BCUT2D eigenvalue weighted by Gasteiger charge is 2.04. The van der Waals surface area contributed by atoms with Crippen LogP contribution in [0, 0.1) is 0 Å². The van der Waals surface area contributed by atoms with Crippen molar-refractivity contribution in [3.05, 3.63) is 23.8 Å². The highest BCUT2D eigenvalue weighted by Crippen LogP contribution is 2.21. The molecular formula is C10H16O. The van der Waals surface area contributed by atoms with Gasteiger partial charge in [-0.3, -0.25) is 0 Å². The summed E-state index contributed by atoms with van der Waals surface area (Å²) in [6, 6.07) is 0. The Morgan fingerprint density at radius 1 is 1.45 bits per heavy atom. The molecule has 0 aromatic carbocycles. The molecular weight excluding hydrogens is 136 g/mol. The second-order valence-electron chi connectivity index (χ2n) is 3.09. The summed E-state index contributed by atoms with van der Waals surface area (Å²) in [4.78, 5) is 0. The summed E-state index contributed by atoms with van der Waals surface area (Å²) < 4.78 is 0. The fourth-order valence-electron chi connectivity index (χ4n) is 1.44. The maximum absolute atomic E-state index is 8.84. The number of aliphatic hydroxyl groups excluding tert-OH is 1. The van der Waals surface area contributed by atoms with Gasteiger partial charge in [0, 0.05) is 0 Å². The summed E-state index contributed by atoms with van der Waals surface area (Å²) in [6.07, 6.45) is 8.37. The first-order chi connectivity index (χ1) is 5.34. The van der Waals surface area contributed by atoms with Gasteiger partial charge in [-0.2, -0.15) is 0 Å². The van der Waals surface area contributed by atoms with Gasteiger partial charge < -0.3 is 5.11 Å². The van der Waals surface area contributed by atoms with Crippen molar-refractivity contribution in [2.75, 3.05) is 6.61 Å². The molecule has 0 spiro atoms. The number of hydrogen-bond acceptors (Lipinski definition) is 1. The predicted octanol–water partition coefficient (Wildman–Crippen LogP) is 2.43. The van der Waals surface area contributed by atoms with Crippen molar-refractivity contribution in [2.24, 2.45) is 0 Å². The van der Waals surface area contributed by atoms with E-state index in [1.165, 1.54) is 24.8 Å². The average Bonchev–Trinajstić information content (AvgIpc) is 2.30. The summed E-state index contributed by atoms with van der Waals surface area (Å²) >= 11 is 0. The highest BCUT2D eigenvalue weighted by atomic mass is 16.3. The quantitative estimate of drug-likeness (QED) is 0.644. The van der Waals surface area contributed by atoms with E-state index in [2.05, 4.69) is 12.7 Å². The van der Waals surface area contributed by atoms with E-state index in [0.29, 0.717) is 0 Å². The molecule has 0 atom stereocenters. The Balaban J connectivity index is 2.53. The van der Waals surface area contributed by atoms with Crippen LogP contribution in [-0.2, 0) is 0 Å². The molecule has 1 aliphatic carbocycles. The van der Waals surface area contributed by atoms with Crippen LogP contribution in [0.4, 0.5) is 0 Å². The number of hydrogen-bond donors (Lipinski definition) is 1. The summed E-state index contributed by atoms with van der Waals surface area (Å²) in [6.45, 7) is 3.94. The van der Waals surface area contributed by atoms with Crippen LogP contribution in [0.5, 0.6) is 0 Å². The van der Waals surface area contributed by atoms with Gasteiger partial charge in [-0.1, -0.05) is 19.1 Å². The second-order valence-corrected chi connectivity index (χ2v) is 3.09. The fraction of sp³-hybridized carbons (Fsp3) is 0.600. The fourth-order valence-corrected chi connectivity index (χ4v) is 1.44. The SMILES string of the molecule is C=C(CO)C1=CCCCCC1. The smallest absolute Gasteiger partial charge is 0.0678 e. The lowest BCUT2D eigenvalue weighted by molar-refractivity contribution is 0.333. The third-order valence-electron chi connectivity index (χ3n) is 2.19.